The van der Waals surface area contributed by atoms with Gasteiger partial charge in [-0.3, -0.25) is 0 Å². The Kier molecular flexibility index (Phi) is 4.53. The Morgan fingerprint density at radius 2 is 2.59 bits per heavy atom. The van der Waals surface area contributed by atoms with Crippen LogP contribution in [0.3, 0.4) is 0 Å². The van der Waals surface area contributed by atoms with Crippen molar-refractivity contribution in [3.63, 3.8) is 0 Å². The third kappa shape index (κ3) is 2.87. The van der Waals surface area contributed by atoms with E-state index < -0.39 is 0 Å². The Hall–Kier alpha value is -0.455. The largest absolute Gasteiger partial charge is 0.332 e. The number of alkyl halides is 1. The van der Waals surface area contributed by atoms with Crippen molar-refractivity contribution in [3.05, 3.63) is 22.7 Å². The highest BCUT2D eigenvalue weighted by atomic mass is 79.9. The van der Waals surface area contributed by atoms with Crippen molar-refractivity contribution in [2.75, 3.05) is 6.54 Å². The van der Waals surface area contributed by atoms with Crippen molar-refractivity contribution in [3.8, 4) is 0 Å². The lowest BCUT2D eigenvalue weighted by atomic mass is 9.85. The first-order valence-electron chi connectivity index (χ1n) is 5.56. The number of rotatable bonds is 4. The van der Waals surface area contributed by atoms with Crippen LogP contribution in [-0.2, 0) is 4.79 Å². The van der Waals surface area contributed by atoms with Gasteiger partial charge in [0.2, 0.25) is 0 Å². The standard InChI is InChI=1S/C11H13BBrN2OS/c1-2-10-9(11-14-3-4-17-11)5-8(13)6-15(10)12-7-16/h3-5,7-8,10H,2,6H2,1H3/t8?,10-/m1/s1. The summed E-state index contributed by atoms with van der Waals surface area (Å²) in [5.74, 6) is 0. The van der Waals surface area contributed by atoms with Crippen LogP contribution in [0, 0.1) is 0 Å². The van der Waals surface area contributed by atoms with Crippen LogP contribution < -0.4 is 0 Å². The van der Waals surface area contributed by atoms with Gasteiger partial charge in [-0.25, -0.2) is 4.98 Å². The van der Waals surface area contributed by atoms with E-state index in [4.69, 9.17) is 0 Å². The van der Waals surface area contributed by atoms with Gasteiger partial charge < -0.3 is 9.61 Å². The molecule has 1 aromatic heterocycles. The zero-order valence-electron chi connectivity index (χ0n) is 9.54. The average Bonchev–Trinajstić information content (AvgIpc) is 2.82. The van der Waals surface area contributed by atoms with Crippen LogP contribution in [0.4, 0.5) is 0 Å². The van der Waals surface area contributed by atoms with E-state index in [0.29, 0.717) is 0 Å². The zero-order chi connectivity index (χ0) is 12.3. The lowest BCUT2D eigenvalue weighted by molar-refractivity contribution is 0.382. The molecule has 0 fully saturated rings. The monoisotopic (exact) mass is 311 g/mol. The number of thiazole rings is 1. The molecule has 0 N–H and O–H groups in total. The van der Waals surface area contributed by atoms with Crippen molar-refractivity contribution in [2.45, 2.75) is 24.2 Å². The van der Waals surface area contributed by atoms with Gasteiger partial charge in [0.25, 0.3) is 7.41 Å². The van der Waals surface area contributed by atoms with E-state index in [0.717, 1.165) is 24.2 Å². The van der Waals surface area contributed by atoms with E-state index >= 15 is 0 Å². The summed E-state index contributed by atoms with van der Waals surface area (Å²) >= 11 is 5.25. The fourth-order valence-electron chi connectivity index (χ4n) is 2.14. The fourth-order valence-corrected chi connectivity index (χ4v) is 3.47. The summed E-state index contributed by atoms with van der Waals surface area (Å²) < 4.78 is 0. The van der Waals surface area contributed by atoms with Crippen LogP contribution in [0.1, 0.15) is 18.4 Å². The molecule has 1 aliphatic rings. The SMILES string of the molecule is CC[C@@H]1C(c2nccs2)=CC(Br)CN1[B]C=O. The van der Waals surface area contributed by atoms with Gasteiger partial charge in [0, 0.05) is 34.6 Å². The number of nitrogens with zero attached hydrogens (tertiary/aromatic N) is 2. The molecule has 0 bridgehead atoms. The number of hydrogen-bond donors (Lipinski definition) is 0. The lowest BCUT2D eigenvalue weighted by Crippen LogP contribution is -2.45. The van der Waals surface area contributed by atoms with Gasteiger partial charge in [-0.1, -0.05) is 28.9 Å². The summed E-state index contributed by atoms with van der Waals surface area (Å²) in [5.41, 5.74) is 1.22. The number of halogens is 1. The Balaban J connectivity index is 2.30. The molecule has 2 rings (SSSR count). The van der Waals surface area contributed by atoms with E-state index in [-0.39, 0.29) is 10.9 Å². The molecule has 0 aromatic carbocycles. The Morgan fingerprint density at radius 3 is 3.18 bits per heavy atom. The second kappa shape index (κ2) is 5.93. The minimum atomic E-state index is 0.250. The molecule has 2 heterocycles. The van der Waals surface area contributed by atoms with Crippen molar-refractivity contribution in [2.24, 2.45) is 0 Å². The molecule has 0 saturated heterocycles. The smallest absolute Gasteiger partial charge is 0.293 e. The molecule has 17 heavy (non-hydrogen) atoms. The molecule has 6 heteroatoms. The Morgan fingerprint density at radius 1 is 1.76 bits per heavy atom. The summed E-state index contributed by atoms with van der Waals surface area (Å²) in [7, 11) is 1.63. The van der Waals surface area contributed by atoms with Crippen LogP contribution in [0.2, 0.25) is 0 Å². The predicted molar refractivity (Wildman–Crippen MR) is 76.1 cm³/mol. The van der Waals surface area contributed by atoms with Gasteiger partial charge in [-0.2, -0.15) is 0 Å². The van der Waals surface area contributed by atoms with Crippen LogP contribution in [0.25, 0.3) is 5.57 Å². The number of carbonyl (C=O) groups is 1. The fraction of sp³-hybridized carbons (Fsp3) is 0.455. The molecule has 0 amide bonds. The highest BCUT2D eigenvalue weighted by Crippen LogP contribution is 2.31. The lowest BCUT2D eigenvalue weighted by Gasteiger charge is -2.36. The first-order chi connectivity index (χ1) is 8.26. The van der Waals surface area contributed by atoms with Gasteiger partial charge in [-0.15, -0.1) is 11.3 Å². The van der Waals surface area contributed by atoms with Gasteiger partial charge in [-0.05, 0) is 6.42 Å². The molecular weight excluding hydrogens is 299 g/mol. The maximum absolute atomic E-state index is 10.7. The molecule has 1 aliphatic heterocycles. The summed E-state index contributed by atoms with van der Waals surface area (Å²) in [5, 5.41) is 3.03. The second-order valence-electron chi connectivity index (χ2n) is 3.88. The topological polar surface area (TPSA) is 33.2 Å². The van der Waals surface area contributed by atoms with E-state index in [9.17, 15) is 4.79 Å². The van der Waals surface area contributed by atoms with Gasteiger partial charge in [0.05, 0.1) is 6.19 Å². The molecule has 2 atom stereocenters. The number of aromatic nitrogens is 1. The highest BCUT2D eigenvalue weighted by molar-refractivity contribution is 9.09. The molecule has 1 unspecified atom stereocenters. The van der Waals surface area contributed by atoms with Crippen LogP contribution in [0.15, 0.2) is 17.7 Å². The Labute approximate surface area is 114 Å². The number of hydrogen-bond acceptors (Lipinski definition) is 4. The van der Waals surface area contributed by atoms with Crippen molar-refractivity contribution >= 4 is 46.4 Å². The van der Waals surface area contributed by atoms with E-state index in [1.54, 1.807) is 18.8 Å². The first kappa shape index (κ1) is 13.0. The predicted octanol–water partition coefficient (Wildman–Crippen LogP) is 2.19. The molecule has 1 aromatic rings. The maximum atomic E-state index is 10.7. The third-order valence-electron chi connectivity index (χ3n) is 2.82. The minimum Gasteiger partial charge on any atom is -0.332 e. The van der Waals surface area contributed by atoms with E-state index in [1.807, 2.05) is 11.6 Å². The van der Waals surface area contributed by atoms with Crippen LogP contribution >= 0.6 is 27.3 Å². The van der Waals surface area contributed by atoms with Gasteiger partial charge in [0.15, 0.2) is 0 Å². The van der Waals surface area contributed by atoms with E-state index in [2.05, 4.69) is 38.7 Å². The van der Waals surface area contributed by atoms with Crippen molar-refractivity contribution in [1.29, 1.82) is 0 Å². The molecule has 3 nitrogen and oxygen atoms in total. The molecule has 0 aliphatic carbocycles. The molecular formula is C11H13BBrN2OS. The third-order valence-corrected chi connectivity index (χ3v) is 4.20. The average molecular weight is 312 g/mol. The van der Waals surface area contributed by atoms with E-state index in [1.165, 1.54) is 5.57 Å². The summed E-state index contributed by atoms with van der Waals surface area (Å²) in [6.45, 7) is 2.96. The van der Waals surface area contributed by atoms with Crippen molar-refractivity contribution in [1.82, 2.24) is 9.79 Å². The quantitative estimate of drug-likeness (QED) is 0.485. The molecule has 0 saturated carbocycles. The molecule has 0 spiro atoms. The van der Waals surface area contributed by atoms with Crippen molar-refractivity contribution < 1.29 is 4.79 Å². The van der Waals surface area contributed by atoms with Gasteiger partial charge in [0.1, 0.15) is 5.01 Å². The van der Waals surface area contributed by atoms with Crippen LogP contribution in [-0.4, -0.2) is 40.8 Å². The van der Waals surface area contributed by atoms with Crippen LogP contribution in [0.5, 0.6) is 0 Å². The molecule has 89 valence electrons. The maximum Gasteiger partial charge on any atom is 0.293 e. The summed E-state index contributed by atoms with van der Waals surface area (Å²) in [4.78, 5) is 17.4. The Bertz CT molecular complexity index is 410. The minimum absolute atomic E-state index is 0.250. The number of carbonyl (C=O) groups excluding carboxylic acids is 1. The normalized spacial score (nSPS) is 25.4. The summed E-state index contributed by atoms with van der Waals surface area (Å²) in [6, 6.07) is 0.250. The zero-order valence-corrected chi connectivity index (χ0v) is 11.9. The molecule has 1 radical (unpaired) electrons. The highest BCUT2D eigenvalue weighted by Gasteiger charge is 2.29. The van der Waals surface area contributed by atoms with Gasteiger partial charge >= 0.3 is 0 Å². The second-order valence-corrected chi connectivity index (χ2v) is 5.95. The summed E-state index contributed by atoms with van der Waals surface area (Å²) in [6.07, 6.45) is 5.85. The first-order valence-corrected chi connectivity index (χ1v) is 7.35.